The zero-order chi connectivity index (χ0) is 16.1. The molecule has 1 aliphatic carbocycles. The highest BCUT2D eigenvalue weighted by atomic mass is 19.1. The molecule has 0 aliphatic heterocycles. The number of nitriles is 1. The summed E-state index contributed by atoms with van der Waals surface area (Å²) in [6.07, 6.45) is 2.81. The van der Waals surface area contributed by atoms with Crippen molar-refractivity contribution in [1.82, 2.24) is 4.68 Å². The molecule has 2 aromatic rings. The number of nitrogen functional groups attached to an aromatic ring is 1. The average molecular weight is 297 g/mol. The molecule has 0 bridgehead atoms. The lowest BCUT2D eigenvalue weighted by atomic mass is 9.74. The predicted molar refractivity (Wildman–Crippen MR) is 81.1 cm³/mol. The number of carbonyl (C=O) groups is 1. The van der Waals surface area contributed by atoms with Crippen LogP contribution < -0.4 is 5.84 Å². The first kappa shape index (κ1) is 14.3. The summed E-state index contributed by atoms with van der Waals surface area (Å²) in [6.45, 7) is 4.07. The van der Waals surface area contributed by atoms with Gasteiger partial charge in [-0.15, -0.1) is 0 Å². The topological polar surface area (TPSA) is 71.8 Å². The smallest absolute Gasteiger partial charge is 0.181 e. The summed E-state index contributed by atoms with van der Waals surface area (Å²) in [7, 11) is 0. The molecular weight excluding hydrogens is 281 g/mol. The molecule has 1 aromatic carbocycles. The van der Waals surface area contributed by atoms with Gasteiger partial charge in [0, 0.05) is 18.2 Å². The fourth-order valence-corrected chi connectivity index (χ4v) is 3.14. The number of halogens is 1. The molecule has 0 atom stereocenters. The largest absolute Gasteiger partial charge is 0.339 e. The first-order valence-electron chi connectivity index (χ1n) is 7.05. The maximum Gasteiger partial charge on any atom is 0.181 e. The number of nitrogens with zero attached hydrogens (tertiary/aromatic N) is 2. The van der Waals surface area contributed by atoms with Gasteiger partial charge >= 0.3 is 0 Å². The van der Waals surface area contributed by atoms with Crippen LogP contribution in [-0.4, -0.2) is 10.5 Å². The molecule has 5 heteroatoms. The van der Waals surface area contributed by atoms with E-state index in [2.05, 4.69) is 0 Å². The minimum absolute atomic E-state index is 0.00112. The zero-order valence-electron chi connectivity index (χ0n) is 12.5. The van der Waals surface area contributed by atoms with Crippen LogP contribution in [0.25, 0.3) is 11.1 Å². The Morgan fingerprint density at radius 1 is 1.36 bits per heavy atom. The predicted octanol–water partition coefficient (Wildman–Crippen LogP) is 3.03. The molecule has 0 amide bonds. The van der Waals surface area contributed by atoms with Crippen LogP contribution in [0.5, 0.6) is 0 Å². The van der Waals surface area contributed by atoms with Crippen molar-refractivity contribution < 1.29 is 9.18 Å². The number of hydrogen-bond acceptors (Lipinski definition) is 3. The molecule has 2 N–H and O–H groups in total. The van der Waals surface area contributed by atoms with Gasteiger partial charge in [0.05, 0.1) is 5.56 Å². The van der Waals surface area contributed by atoms with Crippen molar-refractivity contribution >= 4 is 5.78 Å². The van der Waals surface area contributed by atoms with E-state index in [-0.39, 0.29) is 16.8 Å². The van der Waals surface area contributed by atoms with Crippen molar-refractivity contribution in [3.05, 3.63) is 47.0 Å². The molecule has 0 saturated carbocycles. The molecule has 0 unspecified atom stereocenters. The van der Waals surface area contributed by atoms with Gasteiger partial charge in [0.2, 0.25) is 0 Å². The molecule has 0 spiro atoms. The van der Waals surface area contributed by atoms with Crippen LogP contribution in [-0.2, 0) is 6.42 Å². The van der Waals surface area contributed by atoms with Gasteiger partial charge in [-0.05, 0) is 35.1 Å². The van der Waals surface area contributed by atoms with Crippen LogP contribution >= 0.6 is 0 Å². The van der Waals surface area contributed by atoms with Crippen LogP contribution in [0, 0.1) is 22.6 Å². The fraction of sp³-hybridized carbons (Fsp3) is 0.294. The highest BCUT2D eigenvalue weighted by Gasteiger charge is 2.35. The molecule has 1 heterocycles. The number of hydrogen-bond donors (Lipinski definition) is 1. The van der Waals surface area contributed by atoms with E-state index in [1.807, 2.05) is 13.8 Å². The van der Waals surface area contributed by atoms with Crippen molar-refractivity contribution in [2.75, 3.05) is 5.84 Å². The van der Waals surface area contributed by atoms with Crippen molar-refractivity contribution in [1.29, 1.82) is 5.26 Å². The number of fused-ring (bicyclic) bond motifs is 1. The second kappa shape index (κ2) is 4.70. The third kappa shape index (κ3) is 2.17. The van der Waals surface area contributed by atoms with E-state index in [0.29, 0.717) is 24.1 Å². The van der Waals surface area contributed by atoms with Crippen molar-refractivity contribution in [3.8, 4) is 17.2 Å². The normalized spacial score (nSPS) is 16.2. The Morgan fingerprint density at radius 3 is 2.73 bits per heavy atom. The number of aromatic nitrogens is 1. The van der Waals surface area contributed by atoms with Gasteiger partial charge in [-0.2, -0.15) is 5.26 Å². The first-order chi connectivity index (χ1) is 10.3. The van der Waals surface area contributed by atoms with Crippen LogP contribution in [0.2, 0.25) is 0 Å². The van der Waals surface area contributed by atoms with Gasteiger partial charge in [-0.3, -0.25) is 9.47 Å². The van der Waals surface area contributed by atoms with E-state index < -0.39 is 5.82 Å². The summed E-state index contributed by atoms with van der Waals surface area (Å²) in [6, 6.07) is 6.25. The monoisotopic (exact) mass is 297 g/mol. The highest BCUT2D eigenvalue weighted by molar-refractivity contribution is 6.00. The molecular formula is C17H16FN3O. The third-order valence-electron chi connectivity index (χ3n) is 4.10. The molecule has 4 nitrogen and oxygen atoms in total. The molecule has 0 radical (unpaired) electrons. The Hall–Kier alpha value is -2.61. The summed E-state index contributed by atoms with van der Waals surface area (Å²) in [5.74, 6) is 5.36. The third-order valence-corrected chi connectivity index (χ3v) is 4.10. The van der Waals surface area contributed by atoms with Crippen molar-refractivity contribution in [3.63, 3.8) is 0 Å². The van der Waals surface area contributed by atoms with Gasteiger partial charge < -0.3 is 5.84 Å². The Labute approximate surface area is 127 Å². The lowest BCUT2D eigenvalue weighted by Crippen LogP contribution is -2.29. The zero-order valence-corrected chi connectivity index (χ0v) is 12.5. The van der Waals surface area contributed by atoms with Gasteiger partial charge in [0.15, 0.2) is 5.78 Å². The molecule has 0 fully saturated rings. The lowest BCUT2D eigenvalue weighted by Gasteiger charge is -2.29. The second-order valence-corrected chi connectivity index (χ2v) is 6.52. The first-order valence-corrected chi connectivity index (χ1v) is 7.05. The quantitative estimate of drug-likeness (QED) is 0.822. The van der Waals surface area contributed by atoms with Gasteiger partial charge in [0.1, 0.15) is 17.6 Å². The van der Waals surface area contributed by atoms with E-state index in [1.54, 1.807) is 18.3 Å². The molecule has 112 valence electrons. The average Bonchev–Trinajstić information content (AvgIpc) is 2.74. The number of ketones is 1. The Balaban J connectivity index is 2.18. The molecule has 1 aromatic heterocycles. The summed E-state index contributed by atoms with van der Waals surface area (Å²) in [4.78, 5) is 12.3. The molecule has 22 heavy (non-hydrogen) atoms. The maximum absolute atomic E-state index is 13.9. The lowest BCUT2D eigenvalue weighted by molar-refractivity contribution is 0.0904. The van der Waals surface area contributed by atoms with Crippen molar-refractivity contribution in [2.45, 2.75) is 26.7 Å². The Bertz CT molecular complexity index is 827. The number of Topliss-reactive ketones (excluding diaryl/α,β-unsaturated/α-hetero) is 1. The fourth-order valence-electron chi connectivity index (χ4n) is 3.14. The van der Waals surface area contributed by atoms with Crippen LogP contribution in [0.15, 0.2) is 24.4 Å². The Morgan fingerprint density at radius 2 is 2.09 bits per heavy atom. The minimum atomic E-state index is -0.570. The second-order valence-electron chi connectivity index (χ2n) is 6.52. The summed E-state index contributed by atoms with van der Waals surface area (Å²) < 4.78 is 15.2. The highest BCUT2D eigenvalue weighted by Crippen LogP contribution is 2.40. The van der Waals surface area contributed by atoms with E-state index in [4.69, 9.17) is 11.1 Å². The van der Waals surface area contributed by atoms with Gasteiger partial charge in [-0.1, -0.05) is 19.9 Å². The van der Waals surface area contributed by atoms with Crippen molar-refractivity contribution in [2.24, 2.45) is 5.41 Å². The number of nitrogens with two attached hydrogens (primary N) is 1. The summed E-state index contributed by atoms with van der Waals surface area (Å²) in [5.41, 5.74) is 2.59. The standard InChI is InChI=1S/C17H16FN3O/c1-17(2)6-12-13(9-21(20)16(12)15(22)7-17)10-3-4-11(8-19)14(18)5-10/h3-5,9H,6-7,20H2,1-2H3. The van der Waals surface area contributed by atoms with Gasteiger partial charge in [0.25, 0.3) is 0 Å². The maximum atomic E-state index is 13.9. The Kier molecular flexibility index (Phi) is 3.06. The number of benzene rings is 1. The van der Waals surface area contributed by atoms with E-state index in [1.165, 1.54) is 16.8 Å². The van der Waals surface area contributed by atoms with Gasteiger partial charge in [-0.25, -0.2) is 4.39 Å². The summed E-state index contributed by atoms with van der Waals surface area (Å²) >= 11 is 0. The van der Waals surface area contributed by atoms with Crippen LogP contribution in [0.3, 0.4) is 0 Å². The SMILES string of the molecule is CC1(C)CC(=O)c2c(c(-c3ccc(C#N)c(F)c3)cn2N)C1. The van der Waals surface area contributed by atoms with E-state index in [0.717, 1.165) is 11.1 Å². The van der Waals surface area contributed by atoms with E-state index >= 15 is 0 Å². The summed E-state index contributed by atoms with van der Waals surface area (Å²) in [5, 5.41) is 8.82. The van der Waals surface area contributed by atoms with Crippen LogP contribution in [0.1, 0.15) is 41.9 Å². The number of carbonyl (C=O) groups excluding carboxylic acids is 1. The molecule has 1 aliphatic rings. The van der Waals surface area contributed by atoms with Crippen LogP contribution in [0.4, 0.5) is 4.39 Å². The number of rotatable bonds is 1. The minimum Gasteiger partial charge on any atom is -0.339 e. The van der Waals surface area contributed by atoms with E-state index in [9.17, 15) is 9.18 Å². The molecule has 3 rings (SSSR count). The molecule has 0 saturated heterocycles.